The molecule has 1 N–H and O–H groups in total. The van der Waals surface area contributed by atoms with Crippen molar-refractivity contribution in [2.45, 2.75) is 77.3 Å². The third-order valence-corrected chi connectivity index (χ3v) is 6.54. The van der Waals surface area contributed by atoms with E-state index < -0.39 is 0 Å². The van der Waals surface area contributed by atoms with Crippen LogP contribution in [0, 0.1) is 17.8 Å². The van der Waals surface area contributed by atoms with Crippen LogP contribution in [0.5, 0.6) is 0 Å². The van der Waals surface area contributed by atoms with Gasteiger partial charge in [0.1, 0.15) is 0 Å². The van der Waals surface area contributed by atoms with Gasteiger partial charge in [0.05, 0.1) is 23.7 Å². The summed E-state index contributed by atoms with van der Waals surface area (Å²) in [6, 6.07) is -0.0430. The van der Waals surface area contributed by atoms with Crippen LogP contribution < -0.4 is 5.32 Å². The summed E-state index contributed by atoms with van der Waals surface area (Å²) in [6.45, 7) is 6.23. The molecule has 3 aliphatic carbocycles. The first-order valence-electron chi connectivity index (χ1n) is 10.4. The maximum atomic E-state index is 12.4. The standard InChI is InChI=1S/C21H31N3O3/c1-21(2,3)24-18-6-4-5-17(16(18)11-22-24)23-19(25)12-27-20(26)15-10-13-7-8-14(15)9-13/h11,13-15,17H,4-10,12H2,1-3H3,(H,23,25). The Bertz CT molecular complexity index is 734. The van der Waals surface area contributed by atoms with Crippen molar-refractivity contribution in [1.82, 2.24) is 15.1 Å². The number of fused-ring (bicyclic) bond motifs is 3. The first kappa shape index (κ1) is 18.5. The van der Waals surface area contributed by atoms with E-state index >= 15 is 0 Å². The number of nitrogens with one attached hydrogen (secondary N) is 1. The zero-order chi connectivity index (χ0) is 19.2. The lowest BCUT2D eigenvalue weighted by molar-refractivity contribution is -0.154. The van der Waals surface area contributed by atoms with Gasteiger partial charge in [0.2, 0.25) is 0 Å². The minimum Gasteiger partial charge on any atom is -0.455 e. The van der Waals surface area contributed by atoms with Crippen LogP contribution in [-0.4, -0.2) is 28.3 Å². The van der Waals surface area contributed by atoms with Gasteiger partial charge in [-0.1, -0.05) is 6.42 Å². The highest BCUT2D eigenvalue weighted by Gasteiger charge is 2.44. The fourth-order valence-corrected chi connectivity index (χ4v) is 5.30. The van der Waals surface area contributed by atoms with Gasteiger partial charge in [-0.2, -0.15) is 5.10 Å². The molecule has 0 saturated heterocycles. The van der Waals surface area contributed by atoms with Gasteiger partial charge >= 0.3 is 5.97 Å². The highest BCUT2D eigenvalue weighted by atomic mass is 16.5. The van der Waals surface area contributed by atoms with E-state index in [1.807, 2.05) is 6.20 Å². The molecule has 2 bridgehead atoms. The maximum Gasteiger partial charge on any atom is 0.309 e. The number of hydrogen-bond donors (Lipinski definition) is 1. The topological polar surface area (TPSA) is 73.2 Å². The number of esters is 1. The molecule has 2 fully saturated rings. The van der Waals surface area contributed by atoms with Crippen molar-refractivity contribution in [2.24, 2.45) is 17.8 Å². The molecule has 4 rings (SSSR count). The van der Waals surface area contributed by atoms with E-state index in [2.05, 4.69) is 35.9 Å². The smallest absolute Gasteiger partial charge is 0.309 e. The van der Waals surface area contributed by atoms with E-state index in [9.17, 15) is 9.59 Å². The minimum absolute atomic E-state index is 0.0165. The lowest BCUT2D eigenvalue weighted by Crippen LogP contribution is -2.36. The zero-order valence-electron chi connectivity index (χ0n) is 16.7. The Morgan fingerprint density at radius 3 is 2.74 bits per heavy atom. The van der Waals surface area contributed by atoms with Gasteiger partial charge in [0.15, 0.2) is 6.61 Å². The lowest BCUT2D eigenvalue weighted by Gasteiger charge is -2.28. The highest BCUT2D eigenvalue weighted by molar-refractivity contribution is 5.81. The second-order valence-electron chi connectivity index (χ2n) is 9.53. The van der Waals surface area contributed by atoms with E-state index in [4.69, 9.17) is 4.74 Å². The van der Waals surface area contributed by atoms with Crippen LogP contribution in [0.25, 0.3) is 0 Å². The van der Waals surface area contributed by atoms with Crippen molar-refractivity contribution in [3.63, 3.8) is 0 Å². The molecule has 1 aromatic heterocycles. The van der Waals surface area contributed by atoms with Crippen LogP contribution in [0.4, 0.5) is 0 Å². The fourth-order valence-electron chi connectivity index (χ4n) is 5.30. The summed E-state index contributed by atoms with van der Waals surface area (Å²) in [6.07, 6.45) is 9.28. The van der Waals surface area contributed by atoms with E-state index in [1.165, 1.54) is 12.1 Å². The quantitative estimate of drug-likeness (QED) is 0.823. The van der Waals surface area contributed by atoms with Crippen molar-refractivity contribution >= 4 is 11.9 Å². The second-order valence-corrected chi connectivity index (χ2v) is 9.53. The molecule has 0 spiro atoms. The Hall–Kier alpha value is -1.85. The summed E-state index contributed by atoms with van der Waals surface area (Å²) >= 11 is 0. The van der Waals surface area contributed by atoms with Gasteiger partial charge < -0.3 is 10.1 Å². The van der Waals surface area contributed by atoms with Gasteiger partial charge in [-0.05, 0) is 71.1 Å². The number of nitrogens with zero attached hydrogens (tertiary/aromatic N) is 2. The molecule has 27 heavy (non-hydrogen) atoms. The molecule has 6 heteroatoms. The highest BCUT2D eigenvalue weighted by Crippen LogP contribution is 2.48. The monoisotopic (exact) mass is 373 g/mol. The van der Waals surface area contributed by atoms with E-state index in [0.717, 1.165) is 44.1 Å². The molecule has 6 nitrogen and oxygen atoms in total. The molecule has 1 amide bonds. The first-order chi connectivity index (χ1) is 12.8. The molecule has 148 valence electrons. The maximum absolute atomic E-state index is 12.4. The third kappa shape index (κ3) is 3.63. The molecule has 4 atom stereocenters. The van der Waals surface area contributed by atoms with Gasteiger partial charge in [-0.25, -0.2) is 0 Å². The van der Waals surface area contributed by atoms with Crippen molar-refractivity contribution in [1.29, 1.82) is 0 Å². The number of aromatic nitrogens is 2. The van der Waals surface area contributed by atoms with Crippen LogP contribution in [0.15, 0.2) is 6.20 Å². The molecule has 1 heterocycles. The van der Waals surface area contributed by atoms with Gasteiger partial charge in [0.25, 0.3) is 5.91 Å². The van der Waals surface area contributed by atoms with Crippen molar-refractivity contribution in [2.75, 3.05) is 6.61 Å². The van der Waals surface area contributed by atoms with Gasteiger partial charge in [-0.15, -0.1) is 0 Å². The average molecular weight is 373 g/mol. The molecule has 1 aromatic rings. The molecule has 3 aliphatic rings. The van der Waals surface area contributed by atoms with Crippen LogP contribution in [0.1, 0.15) is 76.6 Å². The van der Waals surface area contributed by atoms with Crippen molar-refractivity contribution < 1.29 is 14.3 Å². The number of hydrogen-bond acceptors (Lipinski definition) is 4. The number of rotatable bonds is 4. The van der Waals surface area contributed by atoms with E-state index in [-0.39, 0.29) is 36.0 Å². The molecular weight excluding hydrogens is 342 g/mol. The summed E-state index contributed by atoms with van der Waals surface area (Å²) in [4.78, 5) is 24.7. The van der Waals surface area contributed by atoms with Crippen LogP contribution >= 0.6 is 0 Å². The van der Waals surface area contributed by atoms with Crippen molar-refractivity contribution in [3.8, 4) is 0 Å². The third-order valence-electron chi connectivity index (χ3n) is 6.54. The van der Waals surface area contributed by atoms with Gasteiger partial charge in [0, 0.05) is 11.3 Å². The Balaban J connectivity index is 1.33. The molecule has 4 unspecified atom stereocenters. The molecule has 0 aliphatic heterocycles. The summed E-state index contributed by atoms with van der Waals surface area (Å²) in [5.74, 6) is 0.800. The zero-order valence-corrected chi connectivity index (χ0v) is 16.7. The van der Waals surface area contributed by atoms with E-state index in [0.29, 0.717) is 11.8 Å². The SMILES string of the molecule is CC(C)(C)n1ncc2c1CCCC2NC(=O)COC(=O)C1CC2CCC1C2. The molecular formula is C21H31N3O3. The molecule has 0 aromatic carbocycles. The lowest BCUT2D eigenvalue weighted by atomic mass is 9.89. The van der Waals surface area contributed by atoms with Gasteiger partial charge in [-0.3, -0.25) is 14.3 Å². The predicted molar refractivity (Wildman–Crippen MR) is 101 cm³/mol. The number of carbonyl (C=O) groups excluding carboxylic acids is 2. The fraction of sp³-hybridized carbons (Fsp3) is 0.762. The summed E-state index contributed by atoms with van der Waals surface area (Å²) in [7, 11) is 0. The Morgan fingerprint density at radius 1 is 1.26 bits per heavy atom. The second kappa shape index (κ2) is 6.95. The Kier molecular flexibility index (Phi) is 4.77. The summed E-state index contributed by atoms with van der Waals surface area (Å²) in [5.41, 5.74) is 2.23. The largest absolute Gasteiger partial charge is 0.455 e. The number of amides is 1. The van der Waals surface area contributed by atoms with Crippen LogP contribution in [0.2, 0.25) is 0 Å². The summed E-state index contributed by atoms with van der Waals surface area (Å²) < 4.78 is 7.42. The Labute approximate surface area is 161 Å². The van der Waals surface area contributed by atoms with E-state index in [1.54, 1.807) is 0 Å². The normalized spacial score (nSPS) is 29.4. The first-order valence-corrected chi connectivity index (χ1v) is 10.4. The molecule has 2 saturated carbocycles. The predicted octanol–water partition coefficient (Wildman–Crippen LogP) is 3.11. The van der Waals surface area contributed by atoms with Crippen molar-refractivity contribution in [3.05, 3.63) is 17.5 Å². The number of ether oxygens (including phenoxy) is 1. The minimum atomic E-state index is -0.215. The number of carbonyl (C=O) groups is 2. The van der Waals surface area contributed by atoms with Crippen LogP contribution in [0.3, 0.4) is 0 Å². The molecule has 0 radical (unpaired) electrons. The van der Waals surface area contributed by atoms with Crippen LogP contribution in [-0.2, 0) is 26.3 Å². The Morgan fingerprint density at radius 2 is 2.07 bits per heavy atom. The summed E-state index contributed by atoms with van der Waals surface area (Å²) in [5, 5.41) is 7.61. The average Bonchev–Trinajstić information content (AvgIpc) is 3.33.